The standard InChI is InChI=1S/C27H29N5O2/c1-34-23-11-9-21(10-12-23)31(26-8-4-5-15-28-26)19-18-30-16-13-22(14-17-30)32-20-29-25-7-3-2-6-24(25)27(32)33/h2-12,15,20,22H,13-14,16-19H2,1H3. The van der Waals surface area contributed by atoms with E-state index in [1.807, 2.05) is 65.4 Å². The molecule has 0 amide bonds. The third-order valence-corrected chi connectivity index (χ3v) is 6.59. The summed E-state index contributed by atoms with van der Waals surface area (Å²) in [6.07, 6.45) is 5.42. The molecule has 0 aliphatic carbocycles. The van der Waals surface area contributed by atoms with Crippen LogP contribution in [0.2, 0.25) is 0 Å². The summed E-state index contributed by atoms with van der Waals surface area (Å²) in [4.78, 5) is 26.8. The summed E-state index contributed by atoms with van der Waals surface area (Å²) in [6, 6.07) is 21.8. The van der Waals surface area contributed by atoms with E-state index in [2.05, 4.69) is 31.9 Å². The Labute approximate surface area is 199 Å². The van der Waals surface area contributed by atoms with Crippen LogP contribution in [0.25, 0.3) is 10.9 Å². The van der Waals surface area contributed by atoms with Crippen molar-refractivity contribution in [2.45, 2.75) is 18.9 Å². The molecule has 1 aliphatic rings. The number of benzene rings is 2. The van der Waals surface area contributed by atoms with Gasteiger partial charge in [0, 0.05) is 44.1 Å². The third-order valence-electron chi connectivity index (χ3n) is 6.59. The first-order valence-corrected chi connectivity index (χ1v) is 11.7. The Morgan fingerprint density at radius 1 is 0.971 bits per heavy atom. The quantitative estimate of drug-likeness (QED) is 0.415. The predicted molar refractivity (Wildman–Crippen MR) is 135 cm³/mol. The summed E-state index contributed by atoms with van der Waals surface area (Å²) < 4.78 is 7.15. The van der Waals surface area contributed by atoms with Crippen molar-refractivity contribution < 1.29 is 4.74 Å². The molecule has 2 aromatic carbocycles. The number of methoxy groups -OCH3 is 1. The minimum atomic E-state index is 0.0601. The van der Waals surface area contributed by atoms with Crippen LogP contribution in [0.3, 0.4) is 0 Å². The largest absolute Gasteiger partial charge is 0.497 e. The number of hydrogen-bond donors (Lipinski definition) is 0. The Kier molecular flexibility index (Phi) is 6.53. The van der Waals surface area contributed by atoms with Crippen molar-refractivity contribution in [2.75, 3.05) is 38.2 Å². The van der Waals surface area contributed by atoms with Crippen LogP contribution in [0.1, 0.15) is 18.9 Å². The van der Waals surface area contributed by atoms with Gasteiger partial charge in [0.05, 0.1) is 24.3 Å². The van der Waals surface area contributed by atoms with E-state index in [0.717, 1.165) is 61.8 Å². The molecule has 0 saturated carbocycles. The maximum absolute atomic E-state index is 13.0. The van der Waals surface area contributed by atoms with E-state index in [9.17, 15) is 4.79 Å². The topological polar surface area (TPSA) is 63.5 Å². The second-order valence-corrected chi connectivity index (χ2v) is 8.58. The van der Waals surface area contributed by atoms with Crippen molar-refractivity contribution in [3.8, 4) is 5.75 Å². The number of nitrogens with zero attached hydrogens (tertiary/aromatic N) is 5. The van der Waals surface area contributed by atoms with E-state index in [0.29, 0.717) is 5.39 Å². The Balaban J connectivity index is 1.25. The number of likely N-dealkylation sites (tertiary alicyclic amines) is 1. The first-order valence-electron chi connectivity index (χ1n) is 11.7. The molecular formula is C27H29N5O2. The van der Waals surface area contributed by atoms with E-state index in [4.69, 9.17) is 4.74 Å². The summed E-state index contributed by atoms with van der Waals surface area (Å²) in [5, 5.41) is 0.693. The van der Waals surface area contributed by atoms with Crippen LogP contribution < -0.4 is 15.2 Å². The fourth-order valence-corrected chi connectivity index (χ4v) is 4.66. The van der Waals surface area contributed by atoms with Gasteiger partial charge in [-0.05, 0) is 61.4 Å². The molecule has 3 heterocycles. The van der Waals surface area contributed by atoms with Gasteiger partial charge in [0.2, 0.25) is 0 Å². The van der Waals surface area contributed by atoms with E-state index in [1.165, 1.54) is 0 Å². The monoisotopic (exact) mass is 455 g/mol. The van der Waals surface area contributed by atoms with Crippen LogP contribution >= 0.6 is 0 Å². The molecule has 0 N–H and O–H groups in total. The lowest BCUT2D eigenvalue weighted by Gasteiger charge is -2.34. The molecule has 0 atom stereocenters. The van der Waals surface area contributed by atoms with Crippen molar-refractivity contribution in [2.24, 2.45) is 0 Å². The highest BCUT2D eigenvalue weighted by atomic mass is 16.5. The fourth-order valence-electron chi connectivity index (χ4n) is 4.66. The number of piperidine rings is 1. The zero-order chi connectivity index (χ0) is 23.3. The summed E-state index contributed by atoms with van der Waals surface area (Å²) in [5.74, 6) is 1.77. The molecule has 7 nitrogen and oxygen atoms in total. The number of fused-ring (bicyclic) bond motifs is 1. The summed E-state index contributed by atoms with van der Waals surface area (Å²) in [5.41, 5.74) is 1.90. The summed E-state index contributed by atoms with van der Waals surface area (Å²) in [7, 11) is 1.68. The van der Waals surface area contributed by atoms with Gasteiger partial charge in [0.1, 0.15) is 11.6 Å². The number of pyridine rings is 1. The lowest BCUT2D eigenvalue weighted by Crippen LogP contribution is -2.40. The van der Waals surface area contributed by atoms with Crippen LogP contribution in [0.4, 0.5) is 11.5 Å². The lowest BCUT2D eigenvalue weighted by molar-refractivity contribution is 0.188. The van der Waals surface area contributed by atoms with Crippen molar-refractivity contribution in [3.63, 3.8) is 0 Å². The SMILES string of the molecule is COc1ccc(N(CCN2CCC(n3cnc4ccccc4c3=O)CC2)c2ccccn2)cc1. The zero-order valence-corrected chi connectivity index (χ0v) is 19.4. The maximum Gasteiger partial charge on any atom is 0.261 e. The average molecular weight is 456 g/mol. The third kappa shape index (κ3) is 4.65. The van der Waals surface area contributed by atoms with Gasteiger partial charge in [0.15, 0.2) is 0 Å². The second-order valence-electron chi connectivity index (χ2n) is 8.58. The van der Waals surface area contributed by atoms with Crippen molar-refractivity contribution >= 4 is 22.4 Å². The molecular weight excluding hydrogens is 426 g/mol. The van der Waals surface area contributed by atoms with Crippen molar-refractivity contribution in [1.82, 2.24) is 19.4 Å². The van der Waals surface area contributed by atoms with E-state index in [1.54, 1.807) is 13.4 Å². The number of hydrogen-bond acceptors (Lipinski definition) is 6. The van der Waals surface area contributed by atoms with Gasteiger partial charge >= 0.3 is 0 Å². The van der Waals surface area contributed by atoms with Crippen molar-refractivity contribution in [1.29, 1.82) is 0 Å². The molecule has 0 bridgehead atoms. The molecule has 0 spiro atoms. The number of aromatic nitrogens is 3. The highest BCUT2D eigenvalue weighted by Crippen LogP contribution is 2.26. The molecule has 1 aliphatic heterocycles. The van der Waals surface area contributed by atoms with Crippen LogP contribution in [-0.2, 0) is 0 Å². The molecule has 1 saturated heterocycles. The Bertz CT molecular complexity index is 1280. The molecule has 5 rings (SSSR count). The predicted octanol–water partition coefficient (Wildman–Crippen LogP) is 4.28. The molecule has 34 heavy (non-hydrogen) atoms. The van der Waals surface area contributed by atoms with Gasteiger partial charge in [-0.2, -0.15) is 0 Å². The first-order chi connectivity index (χ1) is 16.7. The second kappa shape index (κ2) is 10.1. The van der Waals surface area contributed by atoms with Crippen LogP contribution in [0.5, 0.6) is 5.75 Å². The average Bonchev–Trinajstić information content (AvgIpc) is 2.91. The Morgan fingerprint density at radius 2 is 1.74 bits per heavy atom. The van der Waals surface area contributed by atoms with Crippen LogP contribution in [0, 0.1) is 0 Å². The number of anilines is 2. The van der Waals surface area contributed by atoms with Gasteiger partial charge in [-0.3, -0.25) is 9.36 Å². The van der Waals surface area contributed by atoms with E-state index < -0.39 is 0 Å². The van der Waals surface area contributed by atoms with Crippen LogP contribution in [0.15, 0.2) is 84.0 Å². The molecule has 4 aromatic rings. The number of ether oxygens (including phenoxy) is 1. The van der Waals surface area contributed by atoms with Gasteiger partial charge in [0.25, 0.3) is 5.56 Å². The molecule has 0 unspecified atom stereocenters. The minimum absolute atomic E-state index is 0.0601. The van der Waals surface area contributed by atoms with E-state index >= 15 is 0 Å². The summed E-state index contributed by atoms with van der Waals surface area (Å²) >= 11 is 0. The molecule has 1 fully saturated rings. The Hall–Kier alpha value is -3.71. The zero-order valence-electron chi connectivity index (χ0n) is 19.4. The van der Waals surface area contributed by atoms with Crippen LogP contribution in [-0.4, -0.2) is 52.7 Å². The first kappa shape index (κ1) is 22.1. The van der Waals surface area contributed by atoms with Gasteiger partial charge in [-0.15, -0.1) is 0 Å². The van der Waals surface area contributed by atoms with Crippen molar-refractivity contribution in [3.05, 3.63) is 89.6 Å². The van der Waals surface area contributed by atoms with E-state index in [-0.39, 0.29) is 11.6 Å². The highest BCUT2D eigenvalue weighted by molar-refractivity contribution is 5.76. The van der Waals surface area contributed by atoms with Gasteiger partial charge in [-0.1, -0.05) is 18.2 Å². The highest BCUT2D eigenvalue weighted by Gasteiger charge is 2.23. The molecule has 0 radical (unpaired) electrons. The molecule has 2 aromatic heterocycles. The molecule has 7 heteroatoms. The smallest absolute Gasteiger partial charge is 0.261 e. The molecule has 174 valence electrons. The Morgan fingerprint density at radius 3 is 2.47 bits per heavy atom. The summed E-state index contributed by atoms with van der Waals surface area (Å²) in [6.45, 7) is 3.64. The van der Waals surface area contributed by atoms with Gasteiger partial charge < -0.3 is 14.5 Å². The maximum atomic E-state index is 13.0. The number of rotatable bonds is 7. The number of para-hydroxylation sites is 1. The van der Waals surface area contributed by atoms with Gasteiger partial charge in [-0.25, -0.2) is 9.97 Å². The normalized spacial score (nSPS) is 14.9. The minimum Gasteiger partial charge on any atom is -0.497 e. The lowest BCUT2D eigenvalue weighted by atomic mass is 10.0. The fraction of sp³-hybridized carbons (Fsp3) is 0.296.